The van der Waals surface area contributed by atoms with E-state index in [1.54, 1.807) is 0 Å². The Bertz CT molecular complexity index is 235. The third kappa shape index (κ3) is 1.63. The molecule has 0 radical (unpaired) electrons. The molecule has 1 rings (SSSR count). The number of hydrogen-bond acceptors (Lipinski definition) is 1. The van der Waals surface area contributed by atoms with E-state index in [-0.39, 0.29) is 5.54 Å². The molecule has 0 aliphatic heterocycles. The van der Waals surface area contributed by atoms with Gasteiger partial charge in [0.25, 0.3) is 0 Å². The van der Waals surface area contributed by atoms with Gasteiger partial charge < -0.3 is 10.7 Å². The first-order valence-electron chi connectivity index (χ1n) is 4.01. The van der Waals surface area contributed by atoms with Crippen LogP contribution in [0.15, 0.2) is 12.1 Å². The number of aryl methyl sites for hydroxylation is 1. The standard InChI is InChI=1S/C9H16N2/c1-4-9(3,10)8-6-5-7(2)11-8/h5-6,11H,4,10H2,1-3H3/t9-/m0/s1. The summed E-state index contributed by atoms with van der Waals surface area (Å²) in [6.45, 7) is 6.17. The molecular formula is C9H16N2. The number of rotatable bonds is 2. The highest BCUT2D eigenvalue weighted by atomic mass is 14.8. The van der Waals surface area contributed by atoms with Gasteiger partial charge in [0.15, 0.2) is 0 Å². The van der Waals surface area contributed by atoms with Crippen molar-refractivity contribution < 1.29 is 0 Å². The van der Waals surface area contributed by atoms with E-state index in [9.17, 15) is 0 Å². The van der Waals surface area contributed by atoms with Crippen LogP contribution in [0.25, 0.3) is 0 Å². The van der Waals surface area contributed by atoms with Crippen LogP contribution in [-0.2, 0) is 5.54 Å². The minimum Gasteiger partial charge on any atom is -0.361 e. The summed E-state index contributed by atoms with van der Waals surface area (Å²) in [5.74, 6) is 0. The van der Waals surface area contributed by atoms with Crippen molar-refractivity contribution in [3.8, 4) is 0 Å². The fourth-order valence-corrected chi connectivity index (χ4v) is 1.03. The highest BCUT2D eigenvalue weighted by molar-refractivity contribution is 5.18. The molecule has 0 aliphatic carbocycles. The minimum absolute atomic E-state index is 0.200. The number of hydrogen-bond donors (Lipinski definition) is 2. The number of nitrogens with one attached hydrogen (secondary N) is 1. The zero-order chi connectivity index (χ0) is 8.48. The van der Waals surface area contributed by atoms with Crippen molar-refractivity contribution in [2.45, 2.75) is 32.7 Å². The second-order valence-corrected chi connectivity index (χ2v) is 3.33. The largest absolute Gasteiger partial charge is 0.361 e. The van der Waals surface area contributed by atoms with E-state index in [1.165, 1.54) is 5.69 Å². The van der Waals surface area contributed by atoms with Crippen LogP contribution in [0.3, 0.4) is 0 Å². The van der Waals surface area contributed by atoms with Crippen LogP contribution in [0.2, 0.25) is 0 Å². The first kappa shape index (κ1) is 8.34. The molecule has 0 aromatic carbocycles. The van der Waals surface area contributed by atoms with Gasteiger partial charge in [-0.2, -0.15) is 0 Å². The number of nitrogens with two attached hydrogens (primary N) is 1. The highest BCUT2D eigenvalue weighted by Crippen LogP contribution is 2.19. The van der Waals surface area contributed by atoms with Gasteiger partial charge >= 0.3 is 0 Å². The van der Waals surface area contributed by atoms with Gasteiger partial charge in [0.2, 0.25) is 0 Å². The highest BCUT2D eigenvalue weighted by Gasteiger charge is 2.19. The van der Waals surface area contributed by atoms with E-state index in [0.29, 0.717) is 0 Å². The lowest BCUT2D eigenvalue weighted by molar-refractivity contribution is 0.463. The summed E-state index contributed by atoms with van der Waals surface area (Å²) in [5.41, 5.74) is 8.11. The van der Waals surface area contributed by atoms with Crippen molar-refractivity contribution in [1.29, 1.82) is 0 Å². The summed E-state index contributed by atoms with van der Waals surface area (Å²) >= 11 is 0. The molecule has 1 atom stereocenters. The Balaban J connectivity index is 2.92. The molecule has 62 valence electrons. The molecule has 3 N–H and O–H groups in total. The van der Waals surface area contributed by atoms with E-state index in [4.69, 9.17) is 5.73 Å². The Morgan fingerprint density at radius 2 is 2.18 bits per heavy atom. The summed E-state index contributed by atoms with van der Waals surface area (Å²) in [5, 5.41) is 0. The van der Waals surface area contributed by atoms with Gasteiger partial charge in [-0.05, 0) is 32.4 Å². The topological polar surface area (TPSA) is 41.8 Å². The summed E-state index contributed by atoms with van der Waals surface area (Å²) < 4.78 is 0. The molecule has 0 fully saturated rings. The summed E-state index contributed by atoms with van der Waals surface area (Å²) in [7, 11) is 0. The third-order valence-electron chi connectivity index (χ3n) is 2.18. The molecule has 0 aliphatic rings. The molecule has 1 heterocycles. The average Bonchev–Trinajstić information content (AvgIpc) is 2.36. The van der Waals surface area contributed by atoms with E-state index in [2.05, 4.69) is 24.0 Å². The lowest BCUT2D eigenvalue weighted by Gasteiger charge is -2.20. The zero-order valence-corrected chi connectivity index (χ0v) is 7.44. The average molecular weight is 152 g/mol. The van der Waals surface area contributed by atoms with Gasteiger partial charge in [0, 0.05) is 11.4 Å². The molecule has 2 heteroatoms. The van der Waals surface area contributed by atoms with Gasteiger partial charge in [-0.15, -0.1) is 0 Å². The Morgan fingerprint density at radius 3 is 2.55 bits per heavy atom. The molecule has 1 aromatic rings. The van der Waals surface area contributed by atoms with Crippen LogP contribution in [0.4, 0.5) is 0 Å². The smallest absolute Gasteiger partial charge is 0.0530 e. The van der Waals surface area contributed by atoms with Crippen molar-refractivity contribution in [2.24, 2.45) is 5.73 Å². The van der Waals surface area contributed by atoms with Crippen molar-refractivity contribution in [2.75, 3.05) is 0 Å². The Labute approximate surface area is 67.8 Å². The van der Waals surface area contributed by atoms with Crippen molar-refractivity contribution in [1.82, 2.24) is 4.98 Å². The fourth-order valence-electron chi connectivity index (χ4n) is 1.03. The van der Waals surface area contributed by atoms with Crippen molar-refractivity contribution in [3.05, 3.63) is 23.5 Å². The Morgan fingerprint density at radius 1 is 1.55 bits per heavy atom. The maximum Gasteiger partial charge on any atom is 0.0530 e. The van der Waals surface area contributed by atoms with Crippen LogP contribution in [0, 0.1) is 6.92 Å². The molecule has 0 saturated carbocycles. The van der Waals surface area contributed by atoms with Crippen LogP contribution < -0.4 is 5.73 Å². The molecule has 2 nitrogen and oxygen atoms in total. The zero-order valence-electron chi connectivity index (χ0n) is 7.44. The van der Waals surface area contributed by atoms with E-state index >= 15 is 0 Å². The van der Waals surface area contributed by atoms with Gasteiger partial charge in [0.05, 0.1) is 5.54 Å². The van der Waals surface area contributed by atoms with E-state index in [0.717, 1.165) is 12.1 Å². The summed E-state index contributed by atoms with van der Waals surface area (Å²) in [4.78, 5) is 3.24. The van der Waals surface area contributed by atoms with Crippen LogP contribution >= 0.6 is 0 Å². The quantitative estimate of drug-likeness (QED) is 0.667. The molecule has 11 heavy (non-hydrogen) atoms. The SMILES string of the molecule is CC[C@](C)(N)c1ccc(C)[nH]1. The maximum absolute atomic E-state index is 6.02. The maximum atomic E-state index is 6.02. The van der Waals surface area contributed by atoms with E-state index < -0.39 is 0 Å². The number of H-pyrrole nitrogens is 1. The molecule has 0 bridgehead atoms. The first-order chi connectivity index (χ1) is 5.06. The normalized spacial score (nSPS) is 16.4. The monoisotopic (exact) mass is 152 g/mol. The lowest BCUT2D eigenvalue weighted by Crippen LogP contribution is -2.32. The van der Waals surface area contributed by atoms with Crippen LogP contribution in [0.5, 0.6) is 0 Å². The summed E-state index contributed by atoms with van der Waals surface area (Å²) in [6.07, 6.45) is 0.951. The van der Waals surface area contributed by atoms with Crippen molar-refractivity contribution >= 4 is 0 Å². The van der Waals surface area contributed by atoms with Gasteiger partial charge in [-0.1, -0.05) is 6.92 Å². The molecule has 0 saturated heterocycles. The third-order valence-corrected chi connectivity index (χ3v) is 2.18. The first-order valence-corrected chi connectivity index (χ1v) is 4.01. The Hall–Kier alpha value is -0.760. The number of aromatic amines is 1. The van der Waals surface area contributed by atoms with Crippen LogP contribution in [0.1, 0.15) is 31.7 Å². The van der Waals surface area contributed by atoms with Crippen molar-refractivity contribution in [3.63, 3.8) is 0 Å². The molecular weight excluding hydrogens is 136 g/mol. The van der Waals surface area contributed by atoms with Gasteiger partial charge in [-0.3, -0.25) is 0 Å². The predicted molar refractivity (Wildman–Crippen MR) is 47.4 cm³/mol. The lowest BCUT2D eigenvalue weighted by atomic mass is 9.97. The minimum atomic E-state index is -0.200. The summed E-state index contributed by atoms with van der Waals surface area (Å²) in [6, 6.07) is 4.11. The fraction of sp³-hybridized carbons (Fsp3) is 0.556. The molecule has 0 amide bonds. The molecule has 1 aromatic heterocycles. The van der Waals surface area contributed by atoms with Gasteiger partial charge in [0.1, 0.15) is 0 Å². The van der Waals surface area contributed by atoms with Crippen LogP contribution in [-0.4, -0.2) is 4.98 Å². The Kier molecular flexibility index (Phi) is 2.05. The second kappa shape index (κ2) is 2.70. The number of aromatic nitrogens is 1. The second-order valence-electron chi connectivity index (χ2n) is 3.33. The molecule has 0 spiro atoms. The predicted octanol–water partition coefficient (Wildman–Crippen LogP) is 1.91. The van der Waals surface area contributed by atoms with E-state index in [1.807, 2.05) is 13.8 Å². The molecule has 0 unspecified atom stereocenters. The van der Waals surface area contributed by atoms with Gasteiger partial charge in [-0.25, -0.2) is 0 Å².